The first-order chi connectivity index (χ1) is 13.7. The van der Waals surface area contributed by atoms with E-state index in [1.807, 2.05) is 30.3 Å². The lowest BCUT2D eigenvalue weighted by molar-refractivity contribution is -0.167. The van der Waals surface area contributed by atoms with Crippen LogP contribution in [0.15, 0.2) is 59.5 Å². The number of carbonyl (C=O) groups excluding carboxylic acids is 1. The molecule has 0 aliphatic carbocycles. The minimum absolute atomic E-state index is 0.141. The van der Waals surface area contributed by atoms with E-state index in [-0.39, 0.29) is 16.5 Å². The van der Waals surface area contributed by atoms with Gasteiger partial charge in [0, 0.05) is 18.8 Å². The summed E-state index contributed by atoms with van der Waals surface area (Å²) in [6.45, 7) is 0.698. The van der Waals surface area contributed by atoms with E-state index in [1.165, 1.54) is 22.5 Å². The average molecular weight is 426 g/mol. The zero-order valence-corrected chi connectivity index (χ0v) is 16.3. The van der Waals surface area contributed by atoms with Gasteiger partial charge in [-0.15, -0.1) is 0 Å². The molecule has 5 nitrogen and oxygen atoms in total. The molecule has 1 N–H and O–H groups in total. The second kappa shape index (κ2) is 8.54. The molecule has 0 spiro atoms. The summed E-state index contributed by atoms with van der Waals surface area (Å²) in [5.41, 5.74) is 0.917. The molecule has 0 saturated carbocycles. The van der Waals surface area contributed by atoms with E-state index in [0.717, 1.165) is 24.5 Å². The van der Waals surface area contributed by atoms with Crippen LogP contribution < -0.4 is 5.32 Å². The number of benzene rings is 2. The Morgan fingerprint density at radius 2 is 1.83 bits per heavy atom. The Labute approximate surface area is 167 Å². The molecule has 9 heteroatoms. The van der Waals surface area contributed by atoms with Gasteiger partial charge in [0.2, 0.25) is 10.0 Å². The van der Waals surface area contributed by atoms with Crippen molar-refractivity contribution >= 4 is 21.6 Å². The Morgan fingerprint density at radius 1 is 1.10 bits per heavy atom. The van der Waals surface area contributed by atoms with E-state index >= 15 is 0 Å². The van der Waals surface area contributed by atoms with E-state index in [0.29, 0.717) is 19.5 Å². The Kier molecular flexibility index (Phi) is 6.28. The lowest BCUT2D eigenvalue weighted by Gasteiger charge is -2.32. The molecule has 1 fully saturated rings. The van der Waals surface area contributed by atoms with Gasteiger partial charge in [0.25, 0.3) is 0 Å². The van der Waals surface area contributed by atoms with Gasteiger partial charge in [-0.05, 0) is 48.9 Å². The van der Waals surface area contributed by atoms with Crippen molar-refractivity contribution in [2.75, 3.05) is 18.4 Å². The topological polar surface area (TPSA) is 66.5 Å². The van der Waals surface area contributed by atoms with Crippen LogP contribution in [0.25, 0.3) is 0 Å². The lowest BCUT2D eigenvalue weighted by atomic mass is 9.92. The number of nitrogens with one attached hydrogen (secondary N) is 1. The molecule has 0 aromatic heterocycles. The molecule has 1 aliphatic heterocycles. The van der Waals surface area contributed by atoms with Crippen molar-refractivity contribution in [3.63, 3.8) is 0 Å². The fourth-order valence-corrected chi connectivity index (χ4v) is 5.05. The molecule has 1 saturated heterocycles. The van der Waals surface area contributed by atoms with Crippen LogP contribution >= 0.6 is 0 Å². The van der Waals surface area contributed by atoms with Gasteiger partial charge in [-0.1, -0.05) is 36.4 Å². The van der Waals surface area contributed by atoms with Crippen LogP contribution in [0.5, 0.6) is 0 Å². The van der Waals surface area contributed by atoms with Gasteiger partial charge < -0.3 is 5.32 Å². The van der Waals surface area contributed by atoms with E-state index in [9.17, 15) is 26.4 Å². The fourth-order valence-electron chi connectivity index (χ4n) is 3.44. The second-order valence-corrected chi connectivity index (χ2v) is 8.98. The van der Waals surface area contributed by atoms with Crippen molar-refractivity contribution in [1.29, 1.82) is 0 Å². The van der Waals surface area contributed by atoms with Gasteiger partial charge in [-0.2, -0.15) is 17.5 Å². The quantitative estimate of drug-likeness (QED) is 0.790. The van der Waals surface area contributed by atoms with Crippen LogP contribution in [-0.2, 0) is 21.2 Å². The molecule has 1 aliphatic rings. The summed E-state index contributed by atoms with van der Waals surface area (Å²) in [5.74, 6) is -1.98. The summed E-state index contributed by atoms with van der Waals surface area (Å²) in [6.07, 6.45) is -2.68. The third kappa shape index (κ3) is 5.36. The van der Waals surface area contributed by atoms with Crippen LogP contribution in [0.4, 0.5) is 18.9 Å². The van der Waals surface area contributed by atoms with Crippen molar-refractivity contribution in [3.8, 4) is 0 Å². The number of halogens is 3. The molecule has 2 aromatic carbocycles. The Morgan fingerprint density at radius 3 is 2.52 bits per heavy atom. The van der Waals surface area contributed by atoms with Gasteiger partial charge in [0.15, 0.2) is 0 Å². The molecule has 1 amide bonds. The summed E-state index contributed by atoms with van der Waals surface area (Å²) in [7, 11) is -3.88. The molecular formula is C20H21F3N2O3S. The first kappa shape index (κ1) is 21.3. The highest BCUT2D eigenvalue weighted by molar-refractivity contribution is 7.89. The molecule has 1 atom stereocenters. The number of anilines is 1. The number of alkyl halides is 3. The molecule has 156 valence electrons. The fraction of sp³-hybridized carbons (Fsp3) is 0.350. The van der Waals surface area contributed by atoms with Crippen molar-refractivity contribution in [1.82, 2.24) is 4.31 Å². The lowest BCUT2D eigenvalue weighted by Crippen LogP contribution is -2.40. The molecule has 0 bridgehead atoms. The predicted molar refractivity (Wildman–Crippen MR) is 103 cm³/mol. The van der Waals surface area contributed by atoms with Crippen LogP contribution in [-0.4, -0.2) is 37.9 Å². The minimum Gasteiger partial charge on any atom is -0.318 e. The number of sulfonamides is 1. The Bertz CT molecular complexity index is 962. The summed E-state index contributed by atoms with van der Waals surface area (Å²) in [4.78, 5) is 11.0. The van der Waals surface area contributed by atoms with E-state index < -0.39 is 22.1 Å². The average Bonchev–Trinajstić information content (AvgIpc) is 2.68. The summed E-state index contributed by atoms with van der Waals surface area (Å²) < 4.78 is 64.7. The predicted octanol–water partition coefficient (Wildman–Crippen LogP) is 3.83. The normalized spacial score (nSPS) is 18.4. The standard InChI is InChI=1S/C20H21F3N2O3S/c21-20(22,23)19(26)24-17-9-4-10-18(13-17)29(27,28)25-11-5-8-16(14-25)12-15-6-2-1-3-7-15/h1-4,6-7,9-10,13,16H,5,8,11-12,14H2,(H,24,26). The second-order valence-electron chi connectivity index (χ2n) is 7.04. The number of carbonyl (C=O) groups is 1. The number of piperidine rings is 1. The molecule has 0 radical (unpaired) electrons. The van der Waals surface area contributed by atoms with Crippen molar-refractivity contribution in [2.45, 2.75) is 30.3 Å². The van der Waals surface area contributed by atoms with Gasteiger partial charge in [0.05, 0.1) is 4.90 Å². The first-order valence-electron chi connectivity index (χ1n) is 9.18. The third-order valence-corrected chi connectivity index (χ3v) is 6.70. The first-order valence-corrected chi connectivity index (χ1v) is 10.6. The summed E-state index contributed by atoms with van der Waals surface area (Å²) >= 11 is 0. The van der Waals surface area contributed by atoms with E-state index in [2.05, 4.69) is 0 Å². The number of hydrogen-bond donors (Lipinski definition) is 1. The van der Waals surface area contributed by atoms with Crippen LogP contribution in [0.1, 0.15) is 18.4 Å². The number of rotatable bonds is 5. The van der Waals surface area contributed by atoms with Crippen LogP contribution in [0.3, 0.4) is 0 Å². The largest absolute Gasteiger partial charge is 0.471 e. The zero-order valence-electron chi connectivity index (χ0n) is 15.5. The van der Waals surface area contributed by atoms with Crippen LogP contribution in [0, 0.1) is 5.92 Å². The minimum atomic E-state index is -5.05. The van der Waals surface area contributed by atoms with Gasteiger partial charge in [0.1, 0.15) is 0 Å². The number of amides is 1. The maximum Gasteiger partial charge on any atom is 0.471 e. The van der Waals surface area contributed by atoms with Crippen LogP contribution in [0.2, 0.25) is 0 Å². The molecule has 2 aromatic rings. The Balaban J connectivity index is 1.74. The molecule has 1 heterocycles. The van der Waals surface area contributed by atoms with Gasteiger partial charge in [-0.25, -0.2) is 8.42 Å². The van der Waals surface area contributed by atoms with Gasteiger partial charge >= 0.3 is 12.1 Å². The van der Waals surface area contributed by atoms with E-state index in [4.69, 9.17) is 0 Å². The van der Waals surface area contributed by atoms with Crippen molar-refractivity contribution < 1.29 is 26.4 Å². The molecule has 1 unspecified atom stereocenters. The molecular weight excluding hydrogens is 405 g/mol. The molecule has 29 heavy (non-hydrogen) atoms. The zero-order chi connectivity index (χ0) is 21.1. The molecule has 3 rings (SSSR count). The number of nitrogens with zero attached hydrogens (tertiary/aromatic N) is 1. The third-order valence-electron chi connectivity index (χ3n) is 4.84. The summed E-state index contributed by atoms with van der Waals surface area (Å²) in [6, 6.07) is 14.7. The van der Waals surface area contributed by atoms with E-state index in [1.54, 1.807) is 5.32 Å². The maximum absolute atomic E-state index is 13.0. The van der Waals surface area contributed by atoms with Crippen molar-refractivity contribution in [3.05, 3.63) is 60.2 Å². The highest BCUT2D eigenvalue weighted by atomic mass is 32.2. The highest BCUT2D eigenvalue weighted by Gasteiger charge is 2.39. The SMILES string of the molecule is O=C(Nc1cccc(S(=O)(=O)N2CCCC(Cc3ccccc3)C2)c1)C(F)(F)F. The smallest absolute Gasteiger partial charge is 0.318 e. The highest BCUT2D eigenvalue weighted by Crippen LogP contribution is 2.27. The van der Waals surface area contributed by atoms with Crippen molar-refractivity contribution in [2.24, 2.45) is 5.92 Å². The summed E-state index contributed by atoms with van der Waals surface area (Å²) in [5, 5.41) is 1.69. The Hall–Kier alpha value is -2.39. The van der Waals surface area contributed by atoms with Gasteiger partial charge in [-0.3, -0.25) is 4.79 Å². The monoisotopic (exact) mass is 426 g/mol. The maximum atomic E-state index is 13.0. The number of hydrogen-bond acceptors (Lipinski definition) is 3.